The molecule has 0 saturated heterocycles. The van der Waals surface area contributed by atoms with Crippen LogP contribution in [-0.4, -0.2) is 34.8 Å². The standard InChI is InChI=1S/C36H33N3O5S/c1-5-28-31(35(42)43-4)32(24-12-8-7-9-13-24)39-33(40)30(45-36(39)37-28)20-27-22(3)38(29-15-11-10-14-26(27)29)21-23-16-18-25(19-17-23)34(41)44-6-2/h7-20,32H,5-6,21H2,1-4H3/b30-20+/t32-/m1/s1. The predicted molar refractivity (Wildman–Crippen MR) is 175 cm³/mol. The van der Waals surface area contributed by atoms with Crippen LogP contribution in [0.15, 0.2) is 99.9 Å². The van der Waals surface area contributed by atoms with Crippen LogP contribution in [0.1, 0.15) is 59.1 Å². The second-order valence-electron chi connectivity index (χ2n) is 10.7. The summed E-state index contributed by atoms with van der Waals surface area (Å²) in [5.74, 6) is -0.831. The quantitative estimate of drug-likeness (QED) is 0.220. The number of thiazole rings is 1. The fourth-order valence-electron chi connectivity index (χ4n) is 5.93. The molecule has 5 aromatic rings. The summed E-state index contributed by atoms with van der Waals surface area (Å²) in [6.45, 7) is 6.69. The number of hydrogen-bond donors (Lipinski definition) is 0. The molecule has 6 rings (SSSR count). The third kappa shape index (κ3) is 5.44. The molecule has 8 nitrogen and oxygen atoms in total. The first-order valence-electron chi connectivity index (χ1n) is 14.9. The first-order chi connectivity index (χ1) is 21.9. The van der Waals surface area contributed by atoms with Crippen LogP contribution in [0.3, 0.4) is 0 Å². The van der Waals surface area contributed by atoms with E-state index in [9.17, 15) is 14.4 Å². The van der Waals surface area contributed by atoms with Gasteiger partial charge in [-0.25, -0.2) is 14.6 Å². The van der Waals surface area contributed by atoms with Crippen molar-refractivity contribution in [2.24, 2.45) is 4.99 Å². The zero-order valence-electron chi connectivity index (χ0n) is 25.6. The average Bonchev–Trinajstić information content (AvgIpc) is 3.52. The molecule has 3 heterocycles. The number of hydrogen-bond acceptors (Lipinski definition) is 7. The van der Waals surface area contributed by atoms with Gasteiger partial charge < -0.3 is 14.0 Å². The second-order valence-corrected chi connectivity index (χ2v) is 11.7. The monoisotopic (exact) mass is 619 g/mol. The van der Waals surface area contributed by atoms with Crippen molar-refractivity contribution in [3.63, 3.8) is 0 Å². The summed E-state index contributed by atoms with van der Waals surface area (Å²) >= 11 is 1.32. The van der Waals surface area contributed by atoms with Crippen LogP contribution >= 0.6 is 11.3 Å². The molecule has 228 valence electrons. The van der Waals surface area contributed by atoms with Crippen molar-refractivity contribution in [3.8, 4) is 0 Å². The van der Waals surface area contributed by atoms with Gasteiger partial charge in [0.1, 0.15) is 0 Å². The van der Waals surface area contributed by atoms with Gasteiger partial charge in [0.15, 0.2) is 4.80 Å². The van der Waals surface area contributed by atoms with Crippen molar-refractivity contribution in [3.05, 3.63) is 138 Å². The summed E-state index contributed by atoms with van der Waals surface area (Å²) < 4.78 is 14.7. The lowest BCUT2D eigenvalue weighted by Crippen LogP contribution is -2.40. The van der Waals surface area contributed by atoms with E-state index in [0.717, 1.165) is 33.3 Å². The van der Waals surface area contributed by atoms with Gasteiger partial charge in [-0.3, -0.25) is 9.36 Å². The molecule has 0 N–H and O–H groups in total. The Bertz CT molecular complexity index is 2140. The molecule has 0 aliphatic carbocycles. The lowest BCUT2D eigenvalue weighted by molar-refractivity contribution is -0.136. The molecule has 0 amide bonds. The molecule has 1 aliphatic heterocycles. The fourth-order valence-corrected chi connectivity index (χ4v) is 6.93. The van der Waals surface area contributed by atoms with Crippen molar-refractivity contribution in [2.75, 3.05) is 13.7 Å². The van der Waals surface area contributed by atoms with Gasteiger partial charge in [0, 0.05) is 28.7 Å². The minimum atomic E-state index is -0.646. The topological polar surface area (TPSA) is 91.9 Å². The van der Waals surface area contributed by atoms with E-state index in [-0.39, 0.29) is 11.5 Å². The number of aromatic nitrogens is 2. The number of nitrogens with zero attached hydrogens (tertiary/aromatic N) is 3. The maximum Gasteiger partial charge on any atom is 0.338 e. The summed E-state index contributed by atoms with van der Waals surface area (Å²) in [5, 5.41) is 1.02. The highest BCUT2D eigenvalue weighted by Crippen LogP contribution is 2.32. The minimum absolute atomic E-state index is 0.213. The van der Waals surface area contributed by atoms with Crippen molar-refractivity contribution < 1.29 is 19.1 Å². The number of allylic oxidation sites excluding steroid dienone is 1. The highest BCUT2D eigenvalue weighted by molar-refractivity contribution is 7.07. The van der Waals surface area contributed by atoms with Crippen LogP contribution in [0.4, 0.5) is 0 Å². The van der Waals surface area contributed by atoms with E-state index in [1.54, 1.807) is 23.6 Å². The zero-order valence-corrected chi connectivity index (χ0v) is 26.4. The first kappa shape index (κ1) is 30.0. The molecule has 0 unspecified atom stereocenters. The molecule has 2 aromatic heterocycles. The van der Waals surface area contributed by atoms with E-state index in [4.69, 9.17) is 14.5 Å². The van der Waals surface area contributed by atoms with Gasteiger partial charge in [-0.15, -0.1) is 0 Å². The molecule has 3 aromatic carbocycles. The number of fused-ring (bicyclic) bond motifs is 2. The molecule has 9 heteroatoms. The Kier molecular flexibility index (Phi) is 8.36. The fraction of sp³-hybridized carbons (Fsp3) is 0.222. The third-order valence-electron chi connectivity index (χ3n) is 8.13. The minimum Gasteiger partial charge on any atom is -0.466 e. The van der Waals surface area contributed by atoms with Crippen LogP contribution in [0.25, 0.3) is 17.0 Å². The van der Waals surface area contributed by atoms with Gasteiger partial charge in [-0.2, -0.15) is 0 Å². The maximum atomic E-state index is 14.2. The van der Waals surface area contributed by atoms with Crippen molar-refractivity contribution in [1.29, 1.82) is 0 Å². The Morgan fingerprint density at radius 2 is 1.67 bits per heavy atom. The number of ether oxygens (including phenoxy) is 2. The van der Waals surface area contributed by atoms with E-state index >= 15 is 0 Å². The molecular weight excluding hydrogens is 586 g/mol. The summed E-state index contributed by atoms with van der Waals surface area (Å²) in [6, 6.07) is 24.4. The van der Waals surface area contributed by atoms with Crippen LogP contribution < -0.4 is 14.9 Å². The van der Waals surface area contributed by atoms with Gasteiger partial charge in [0.2, 0.25) is 0 Å². The van der Waals surface area contributed by atoms with E-state index in [1.165, 1.54) is 18.4 Å². The lowest BCUT2D eigenvalue weighted by atomic mass is 9.95. The van der Waals surface area contributed by atoms with Crippen LogP contribution in [0.5, 0.6) is 0 Å². The smallest absolute Gasteiger partial charge is 0.338 e. The number of esters is 2. The number of carbonyl (C=O) groups is 2. The Hall–Kier alpha value is -5.02. The number of carbonyl (C=O) groups excluding carboxylic acids is 2. The van der Waals surface area contributed by atoms with Gasteiger partial charge >= 0.3 is 11.9 Å². The van der Waals surface area contributed by atoms with E-state index in [0.29, 0.717) is 45.7 Å². The van der Waals surface area contributed by atoms with Crippen molar-refractivity contribution in [2.45, 2.75) is 39.8 Å². The Balaban J connectivity index is 1.48. The second kappa shape index (κ2) is 12.5. The predicted octanol–water partition coefficient (Wildman–Crippen LogP) is 5.29. The summed E-state index contributed by atoms with van der Waals surface area (Å²) in [7, 11) is 1.35. The molecule has 0 radical (unpaired) electrons. The Labute approximate surface area is 264 Å². The van der Waals surface area contributed by atoms with Gasteiger partial charge in [0.25, 0.3) is 5.56 Å². The summed E-state index contributed by atoms with van der Waals surface area (Å²) in [4.78, 5) is 44.7. The molecule has 1 atom stereocenters. The van der Waals surface area contributed by atoms with E-state index in [2.05, 4.69) is 16.7 Å². The summed E-state index contributed by atoms with van der Waals surface area (Å²) in [5.41, 5.74) is 6.12. The van der Waals surface area contributed by atoms with Gasteiger partial charge in [-0.1, -0.05) is 78.9 Å². The largest absolute Gasteiger partial charge is 0.466 e. The first-order valence-corrected chi connectivity index (χ1v) is 15.7. The van der Waals surface area contributed by atoms with Crippen LogP contribution in [-0.2, 0) is 20.8 Å². The molecule has 0 fully saturated rings. The van der Waals surface area contributed by atoms with Gasteiger partial charge in [0.05, 0.1) is 41.1 Å². The normalized spacial score (nSPS) is 14.8. The SMILES string of the molecule is CCOC(=O)c1ccc(Cn2c(C)c(/C=c3/sc4n(c3=O)[C@H](c3ccccc3)C(C(=O)OC)=C(CC)N=4)c3ccccc32)cc1. The van der Waals surface area contributed by atoms with E-state index < -0.39 is 12.0 Å². The maximum absolute atomic E-state index is 14.2. The Morgan fingerprint density at radius 1 is 0.956 bits per heavy atom. The summed E-state index contributed by atoms with van der Waals surface area (Å²) in [6.07, 6.45) is 2.46. The number of para-hydroxylation sites is 1. The molecule has 0 spiro atoms. The third-order valence-corrected chi connectivity index (χ3v) is 9.11. The molecule has 1 aliphatic rings. The lowest BCUT2D eigenvalue weighted by Gasteiger charge is -2.25. The Morgan fingerprint density at radius 3 is 2.36 bits per heavy atom. The number of benzene rings is 3. The highest BCUT2D eigenvalue weighted by Gasteiger charge is 2.33. The van der Waals surface area contributed by atoms with Crippen LogP contribution in [0, 0.1) is 6.92 Å². The zero-order chi connectivity index (χ0) is 31.7. The molecule has 45 heavy (non-hydrogen) atoms. The van der Waals surface area contributed by atoms with Crippen molar-refractivity contribution >= 4 is 40.3 Å². The number of methoxy groups -OCH3 is 1. The highest BCUT2D eigenvalue weighted by atomic mass is 32.1. The molecular formula is C36H33N3O5S. The van der Waals surface area contributed by atoms with Crippen LogP contribution in [0.2, 0.25) is 0 Å². The van der Waals surface area contributed by atoms with Gasteiger partial charge in [-0.05, 0) is 55.7 Å². The molecule has 0 saturated carbocycles. The molecule has 0 bridgehead atoms. The average molecular weight is 620 g/mol. The number of rotatable bonds is 8. The van der Waals surface area contributed by atoms with E-state index in [1.807, 2.05) is 74.5 Å². The van der Waals surface area contributed by atoms with Crippen molar-refractivity contribution in [1.82, 2.24) is 9.13 Å².